The summed E-state index contributed by atoms with van der Waals surface area (Å²) in [6.07, 6.45) is 2.66. The second-order valence-corrected chi connectivity index (χ2v) is 7.39. The number of carbonyl (C=O) groups is 3. The average molecular weight is 371 g/mol. The van der Waals surface area contributed by atoms with E-state index >= 15 is 0 Å². The SMILES string of the molecule is CC(C)C(=O)NC(Cc1c[nH]c2ccccc12)C(=O)N1CCC(C(=O)O)C1. The molecule has 0 aliphatic carbocycles. The maximum absolute atomic E-state index is 13.0. The fourth-order valence-corrected chi connectivity index (χ4v) is 3.44. The van der Waals surface area contributed by atoms with Gasteiger partial charge < -0.3 is 20.3 Å². The Labute approximate surface area is 157 Å². The lowest BCUT2D eigenvalue weighted by atomic mass is 10.0. The van der Waals surface area contributed by atoms with Gasteiger partial charge in [0.25, 0.3) is 0 Å². The molecule has 1 aromatic carbocycles. The number of amides is 2. The Morgan fingerprint density at radius 3 is 2.70 bits per heavy atom. The van der Waals surface area contributed by atoms with Crippen molar-refractivity contribution in [3.05, 3.63) is 36.0 Å². The zero-order valence-corrected chi connectivity index (χ0v) is 15.6. The molecule has 1 aliphatic rings. The molecule has 7 nitrogen and oxygen atoms in total. The van der Waals surface area contributed by atoms with Gasteiger partial charge in [0, 0.05) is 42.5 Å². The van der Waals surface area contributed by atoms with E-state index in [9.17, 15) is 19.5 Å². The smallest absolute Gasteiger partial charge is 0.308 e. The van der Waals surface area contributed by atoms with Gasteiger partial charge in [0.05, 0.1) is 5.92 Å². The molecule has 2 amide bonds. The van der Waals surface area contributed by atoms with Crippen LogP contribution in [0.2, 0.25) is 0 Å². The summed E-state index contributed by atoms with van der Waals surface area (Å²) in [4.78, 5) is 41.2. The summed E-state index contributed by atoms with van der Waals surface area (Å²) in [5.74, 6) is -2.08. The van der Waals surface area contributed by atoms with Crippen LogP contribution in [0.4, 0.5) is 0 Å². The summed E-state index contributed by atoms with van der Waals surface area (Å²) in [6, 6.07) is 7.08. The monoisotopic (exact) mass is 371 g/mol. The Balaban J connectivity index is 1.81. The number of hydrogen-bond donors (Lipinski definition) is 3. The van der Waals surface area contributed by atoms with E-state index in [0.717, 1.165) is 16.5 Å². The van der Waals surface area contributed by atoms with Gasteiger partial charge in [0.1, 0.15) is 6.04 Å². The number of likely N-dealkylation sites (tertiary alicyclic amines) is 1. The van der Waals surface area contributed by atoms with Gasteiger partial charge in [-0.1, -0.05) is 32.0 Å². The number of carbonyl (C=O) groups excluding carboxylic acids is 2. The number of aromatic nitrogens is 1. The second kappa shape index (κ2) is 7.82. The van der Waals surface area contributed by atoms with Gasteiger partial charge in [-0.2, -0.15) is 0 Å². The molecular formula is C20H25N3O4. The molecule has 1 aromatic heterocycles. The van der Waals surface area contributed by atoms with Crippen molar-refractivity contribution >= 4 is 28.7 Å². The molecule has 27 heavy (non-hydrogen) atoms. The molecule has 1 saturated heterocycles. The van der Waals surface area contributed by atoms with Gasteiger partial charge >= 0.3 is 5.97 Å². The molecule has 7 heteroatoms. The normalized spacial score (nSPS) is 18.0. The zero-order valence-electron chi connectivity index (χ0n) is 15.6. The molecule has 2 unspecified atom stereocenters. The molecule has 2 heterocycles. The first-order valence-corrected chi connectivity index (χ1v) is 9.23. The standard InChI is InChI=1S/C20H25N3O4/c1-12(2)18(24)22-17(19(25)23-8-7-13(11-23)20(26)27)9-14-10-21-16-6-4-3-5-15(14)16/h3-6,10,12-13,17,21H,7-9,11H2,1-2H3,(H,22,24)(H,26,27). The summed E-state index contributed by atoms with van der Waals surface area (Å²) >= 11 is 0. The van der Waals surface area contributed by atoms with Gasteiger partial charge in [-0.3, -0.25) is 14.4 Å². The number of H-pyrrole nitrogens is 1. The molecule has 3 rings (SSSR count). The van der Waals surface area contributed by atoms with Crippen LogP contribution < -0.4 is 5.32 Å². The lowest BCUT2D eigenvalue weighted by Crippen LogP contribution is -2.50. The van der Waals surface area contributed by atoms with E-state index in [-0.39, 0.29) is 24.3 Å². The number of aliphatic carboxylic acids is 1. The molecular weight excluding hydrogens is 346 g/mol. The molecule has 2 aromatic rings. The van der Waals surface area contributed by atoms with Crippen molar-refractivity contribution in [2.75, 3.05) is 13.1 Å². The first-order valence-electron chi connectivity index (χ1n) is 9.23. The van der Waals surface area contributed by atoms with Crippen LogP contribution in [0, 0.1) is 11.8 Å². The molecule has 1 aliphatic heterocycles. The number of hydrogen-bond acceptors (Lipinski definition) is 3. The Morgan fingerprint density at radius 1 is 1.30 bits per heavy atom. The number of carboxylic acids is 1. The van der Waals surface area contributed by atoms with Crippen LogP contribution in [-0.2, 0) is 20.8 Å². The highest BCUT2D eigenvalue weighted by atomic mass is 16.4. The van der Waals surface area contributed by atoms with Crippen LogP contribution in [0.15, 0.2) is 30.5 Å². The number of nitrogens with zero attached hydrogens (tertiary/aromatic N) is 1. The first kappa shape index (κ1) is 18.9. The highest BCUT2D eigenvalue weighted by Gasteiger charge is 2.35. The Morgan fingerprint density at radius 2 is 2.04 bits per heavy atom. The van der Waals surface area contributed by atoms with Crippen molar-refractivity contribution in [3.63, 3.8) is 0 Å². The van der Waals surface area contributed by atoms with Gasteiger partial charge in [-0.15, -0.1) is 0 Å². The summed E-state index contributed by atoms with van der Waals surface area (Å²) in [7, 11) is 0. The van der Waals surface area contributed by atoms with Gasteiger partial charge in [0.15, 0.2) is 0 Å². The number of aromatic amines is 1. The van der Waals surface area contributed by atoms with Crippen molar-refractivity contribution in [3.8, 4) is 0 Å². The highest BCUT2D eigenvalue weighted by molar-refractivity contribution is 5.90. The molecule has 0 spiro atoms. The maximum Gasteiger partial charge on any atom is 0.308 e. The Bertz CT molecular complexity index is 858. The highest BCUT2D eigenvalue weighted by Crippen LogP contribution is 2.22. The lowest BCUT2D eigenvalue weighted by Gasteiger charge is -2.25. The maximum atomic E-state index is 13.0. The number of para-hydroxylation sites is 1. The summed E-state index contributed by atoms with van der Waals surface area (Å²) in [5, 5.41) is 13.0. The lowest BCUT2D eigenvalue weighted by molar-refractivity contribution is -0.142. The van der Waals surface area contributed by atoms with E-state index in [1.165, 1.54) is 0 Å². The summed E-state index contributed by atoms with van der Waals surface area (Å²) in [6.45, 7) is 4.14. The van der Waals surface area contributed by atoms with Crippen molar-refractivity contribution in [1.82, 2.24) is 15.2 Å². The number of nitrogens with one attached hydrogen (secondary N) is 2. The number of benzene rings is 1. The third-order valence-corrected chi connectivity index (χ3v) is 5.09. The van der Waals surface area contributed by atoms with Crippen molar-refractivity contribution in [2.45, 2.75) is 32.7 Å². The summed E-state index contributed by atoms with van der Waals surface area (Å²) < 4.78 is 0. The molecule has 3 N–H and O–H groups in total. The minimum Gasteiger partial charge on any atom is -0.481 e. The predicted octanol–water partition coefficient (Wildman–Crippen LogP) is 1.78. The second-order valence-electron chi connectivity index (χ2n) is 7.39. The Hall–Kier alpha value is -2.83. The van der Waals surface area contributed by atoms with Crippen LogP contribution in [-0.4, -0.2) is 51.9 Å². The molecule has 0 radical (unpaired) electrons. The van der Waals surface area contributed by atoms with Crippen molar-refractivity contribution in [1.29, 1.82) is 0 Å². The van der Waals surface area contributed by atoms with Crippen LogP contribution >= 0.6 is 0 Å². The van der Waals surface area contributed by atoms with Gasteiger partial charge in [0.2, 0.25) is 11.8 Å². The van der Waals surface area contributed by atoms with E-state index in [0.29, 0.717) is 19.4 Å². The van der Waals surface area contributed by atoms with E-state index < -0.39 is 17.9 Å². The topological polar surface area (TPSA) is 103 Å². The minimum absolute atomic E-state index is 0.191. The fourth-order valence-electron chi connectivity index (χ4n) is 3.44. The third-order valence-electron chi connectivity index (χ3n) is 5.09. The van der Waals surface area contributed by atoms with Crippen LogP contribution in [0.5, 0.6) is 0 Å². The van der Waals surface area contributed by atoms with E-state index in [1.807, 2.05) is 30.5 Å². The quantitative estimate of drug-likeness (QED) is 0.720. The summed E-state index contributed by atoms with van der Waals surface area (Å²) in [5.41, 5.74) is 1.92. The van der Waals surface area contributed by atoms with Crippen LogP contribution in [0.1, 0.15) is 25.8 Å². The first-order chi connectivity index (χ1) is 12.9. The molecule has 0 saturated carbocycles. The largest absolute Gasteiger partial charge is 0.481 e. The number of rotatable bonds is 6. The van der Waals surface area contributed by atoms with Gasteiger partial charge in [-0.25, -0.2) is 0 Å². The van der Waals surface area contributed by atoms with Crippen LogP contribution in [0.3, 0.4) is 0 Å². The predicted molar refractivity (Wildman–Crippen MR) is 101 cm³/mol. The number of fused-ring (bicyclic) bond motifs is 1. The molecule has 144 valence electrons. The van der Waals surface area contributed by atoms with Crippen LogP contribution in [0.25, 0.3) is 10.9 Å². The molecule has 0 bridgehead atoms. The van der Waals surface area contributed by atoms with Gasteiger partial charge in [-0.05, 0) is 18.1 Å². The fraction of sp³-hybridized carbons (Fsp3) is 0.450. The van der Waals surface area contributed by atoms with Crippen molar-refractivity contribution < 1.29 is 19.5 Å². The average Bonchev–Trinajstić information content (AvgIpc) is 3.28. The molecule has 1 fully saturated rings. The molecule has 2 atom stereocenters. The van der Waals surface area contributed by atoms with E-state index in [2.05, 4.69) is 10.3 Å². The minimum atomic E-state index is -0.885. The van der Waals surface area contributed by atoms with E-state index in [1.54, 1.807) is 18.7 Å². The third kappa shape index (κ3) is 4.13. The zero-order chi connectivity index (χ0) is 19.6. The Kier molecular flexibility index (Phi) is 5.48. The number of carboxylic acid groups (broad SMARTS) is 1. The van der Waals surface area contributed by atoms with E-state index in [4.69, 9.17) is 0 Å². The van der Waals surface area contributed by atoms with Crippen molar-refractivity contribution in [2.24, 2.45) is 11.8 Å².